The number of urea groups is 1. The van der Waals surface area contributed by atoms with Gasteiger partial charge in [-0.25, -0.2) is 4.79 Å². The lowest BCUT2D eigenvalue weighted by Crippen LogP contribution is -2.39. The number of rotatable bonds is 3. The van der Waals surface area contributed by atoms with E-state index in [9.17, 15) is 9.59 Å². The van der Waals surface area contributed by atoms with Crippen LogP contribution in [-0.4, -0.2) is 53.1 Å². The smallest absolute Gasteiger partial charge is 0.321 e. The molecule has 31 heavy (non-hydrogen) atoms. The summed E-state index contributed by atoms with van der Waals surface area (Å²) in [6.07, 6.45) is 0.674. The van der Waals surface area contributed by atoms with Crippen LogP contribution in [0.1, 0.15) is 22.5 Å². The summed E-state index contributed by atoms with van der Waals surface area (Å²) in [5.74, 6) is -0.0182. The second-order valence-electron chi connectivity index (χ2n) is 7.52. The molecule has 160 valence electrons. The molecule has 0 atom stereocenters. The lowest BCUT2D eigenvalue weighted by Gasteiger charge is -2.22. The highest BCUT2D eigenvalue weighted by molar-refractivity contribution is 6.30. The highest BCUT2D eigenvalue weighted by atomic mass is 35.5. The van der Waals surface area contributed by atoms with Crippen molar-refractivity contribution in [2.75, 3.05) is 31.5 Å². The fourth-order valence-electron chi connectivity index (χ4n) is 3.48. The maximum absolute atomic E-state index is 12.9. The number of benzene rings is 2. The van der Waals surface area contributed by atoms with E-state index in [0.29, 0.717) is 49.0 Å². The van der Waals surface area contributed by atoms with Crippen molar-refractivity contribution in [3.8, 4) is 11.3 Å². The van der Waals surface area contributed by atoms with E-state index in [1.807, 2.05) is 31.2 Å². The Bertz CT molecular complexity index is 1080. The zero-order valence-corrected chi connectivity index (χ0v) is 17.9. The van der Waals surface area contributed by atoms with Gasteiger partial charge >= 0.3 is 6.03 Å². The van der Waals surface area contributed by atoms with E-state index in [0.717, 1.165) is 11.1 Å². The van der Waals surface area contributed by atoms with Crippen molar-refractivity contribution in [2.24, 2.45) is 0 Å². The second-order valence-corrected chi connectivity index (χ2v) is 7.95. The molecule has 0 radical (unpaired) electrons. The Morgan fingerprint density at radius 1 is 1.00 bits per heavy atom. The van der Waals surface area contributed by atoms with Crippen LogP contribution >= 0.6 is 11.6 Å². The van der Waals surface area contributed by atoms with Crippen molar-refractivity contribution in [1.82, 2.24) is 15.0 Å². The minimum atomic E-state index is -0.219. The number of nitrogens with one attached hydrogen (secondary N) is 1. The van der Waals surface area contributed by atoms with Crippen molar-refractivity contribution in [3.63, 3.8) is 0 Å². The van der Waals surface area contributed by atoms with Gasteiger partial charge in [-0.3, -0.25) is 4.79 Å². The minimum Gasteiger partial charge on any atom is -0.350 e. The summed E-state index contributed by atoms with van der Waals surface area (Å²) in [5, 5.41) is 7.45. The quantitative estimate of drug-likeness (QED) is 0.643. The lowest BCUT2D eigenvalue weighted by molar-refractivity contribution is 0.0721. The first-order valence-electron chi connectivity index (χ1n) is 10.1. The first-order chi connectivity index (χ1) is 15.0. The van der Waals surface area contributed by atoms with Gasteiger partial charge in [0.15, 0.2) is 0 Å². The molecule has 3 aromatic rings. The van der Waals surface area contributed by atoms with Crippen molar-refractivity contribution < 1.29 is 14.1 Å². The van der Waals surface area contributed by atoms with E-state index in [-0.39, 0.29) is 17.7 Å². The van der Waals surface area contributed by atoms with Gasteiger partial charge in [0.25, 0.3) is 5.91 Å². The topological polar surface area (TPSA) is 78.7 Å². The molecule has 2 aromatic carbocycles. The Morgan fingerprint density at radius 2 is 1.74 bits per heavy atom. The highest BCUT2D eigenvalue weighted by Crippen LogP contribution is 2.21. The molecular formula is C23H23ClN4O3. The van der Waals surface area contributed by atoms with Gasteiger partial charge in [-0.2, -0.15) is 0 Å². The number of hydrogen-bond donors (Lipinski definition) is 1. The van der Waals surface area contributed by atoms with E-state index in [4.69, 9.17) is 16.1 Å². The molecule has 1 aliphatic heterocycles. The number of hydrogen-bond acceptors (Lipinski definition) is 4. The van der Waals surface area contributed by atoms with E-state index >= 15 is 0 Å². The fourth-order valence-corrected chi connectivity index (χ4v) is 3.67. The van der Waals surface area contributed by atoms with Gasteiger partial charge in [-0.15, -0.1) is 0 Å². The third-order valence-corrected chi connectivity index (χ3v) is 5.45. The summed E-state index contributed by atoms with van der Waals surface area (Å²) in [5.41, 5.74) is 3.31. The monoisotopic (exact) mass is 438 g/mol. The largest absolute Gasteiger partial charge is 0.350 e. The first-order valence-corrected chi connectivity index (χ1v) is 10.5. The van der Waals surface area contributed by atoms with E-state index in [1.54, 1.807) is 40.1 Å². The molecule has 7 nitrogen and oxygen atoms in total. The van der Waals surface area contributed by atoms with Gasteiger partial charge in [0.05, 0.1) is 0 Å². The average Bonchev–Trinajstić information content (AvgIpc) is 3.11. The summed E-state index contributed by atoms with van der Waals surface area (Å²) >= 11 is 5.98. The van der Waals surface area contributed by atoms with Gasteiger partial charge in [-0.05, 0) is 31.5 Å². The summed E-state index contributed by atoms with van der Waals surface area (Å²) in [6, 6.07) is 16.3. The number of carbonyl (C=O) groups excluding carboxylic acids is 2. The van der Waals surface area contributed by atoms with Gasteiger partial charge in [0.1, 0.15) is 5.69 Å². The van der Waals surface area contributed by atoms with E-state index in [2.05, 4.69) is 10.5 Å². The Hall–Kier alpha value is -3.32. The maximum Gasteiger partial charge on any atom is 0.321 e. The zero-order chi connectivity index (χ0) is 21.8. The molecule has 3 amide bonds. The van der Waals surface area contributed by atoms with Crippen LogP contribution in [0.15, 0.2) is 59.1 Å². The fraction of sp³-hybridized carbons (Fsp3) is 0.261. The molecule has 0 spiro atoms. The number of nitrogens with zero attached hydrogens (tertiary/aromatic N) is 3. The molecule has 8 heteroatoms. The van der Waals surface area contributed by atoms with Crippen molar-refractivity contribution in [1.29, 1.82) is 0 Å². The van der Waals surface area contributed by atoms with Crippen LogP contribution in [-0.2, 0) is 0 Å². The van der Waals surface area contributed by atoms with Crippen LogP contribution in [0.2, 0.25) is 5.02 Å². The molecule has 2 heterocycles. The Morgan fingerprint density at radius 3 is 2.52 bits per heavy atom. The van der Waals surface area contributed by atoms with E-state index in [1.165, 1.54) is 0 Å². The zero-order valence-electron chi connectivity index (χ0n) is 17.2. The third-order valence-electron chi connectivity index (χ3n) is 5.21. The van der Waals surface area contributed by atoms with Crippen LogP contribution < -0.4 is 5.32 Å². The summed E-state index contributed by atoms with van der Waals surface area (Å²) in [4.78, 5) is 28.9. The maximum atomic E-state index is 12.9. The number of anilines is 1. The predicted molar refractivity (Wildman–Crippen MR) is 119 cm³/mol. The Labute approximate surface area is 185 Å². The van der Waals surface area contributed by atoms with E-state index < -0.39 is 0 Å². The van der Waals surface area contributed by atoms with Gasteiger partial charge in [0.2, 0.25) is 5.76 Å². The molecule has 1 N–H and O–H groups in total. The predicted octanol–water partition coefficient (Wildman–Crippen LogP) is 4.68. The molecule has 1 fully saturated rings. The molecular weight excluding hydrogens is 416 g/mol. The lowest BCUT2D eigenvalue weighted by atomic mass is 10.1. The second kappa shape index (κ2) is 9.22. The number of carbonyl (C=O) groups is 2. The normalized spacial score (nSPS) is 14.3. The minimum absolute atomic E-state index is 0.201. The van der Waals surface area contributed by atoms with Gasteiger partial charge < -0.3 is 19.6 Å². The first kappa shape index (κ1) is 20.9. The molecule has 1 aromatic heterocycles. The van der Waals surface area contributed by atoms with Crippen LogP contribution in [0, 0.1) is 6.92 Å². The van der Waals surface area contributed by atoms with Crippen LogP contribution in [0.3, 0.4) is 0 Å². The Kier molecular flexibility index (Phi) is 6.23. The van der Waals surface area contributed by atoms with Crippen molar-refractivity contribution in [3.05, 3.63) is 70.9 Å². The summed E-state index contributed by atoms with van der Waals surface area (Å²) in [6.45, 7) is 3.96. The number of aryl methyl sites for hydroxylation is 1. The van der Waals surface area contributed by atoms with Crippen molar-refractivity contribution in [2.45, 2.75) is 13.3 Å². The molecule has 0 bridgehead atoms. The molecule has 1 aliphatic rings. The molecule has 0 unspecified atom stereocenters. The van der Waals surface area contributed by atoms with Crippen LogP contribution in [0.4, 0.5) is 10.5 Å². The third kappa shape index (κ3) is 5.06. The van der Waals surface area contributed by atoms with Crippen LogP contribution in [0.5, 0.6) is 0 Å². The summed E-state index contributed by atoms with van der Waals surface area (Å²) in [7, 11) is 0. The highest BCUT2D eigenvalue weighted by Gasteiger charge is 2.25. The average molecular weight is 439 g/mol. The number of aromatic nitrogens is 1. The molecule has 0 saturated carbocycles. The summed E-state index contributed by atoms with van der Waals surface area (Å²) < 4.78 is 5.32. The number of amides is 3. The number of halogens is 1. The van der Waals surface area contributed by atoms with Gasteiger partial charge in [0, 0.05) is 48.5 Å². The standard InChI is InChI=1S/C23H23ClN4O3/c1-16-6-8-17(9-7-16)20-15-21(31-26-20)22(29)27-10-3-11-28(13-12-27)23(30)25-19-5-2-4-18(24)14-19/h2,4-9,14-15H,3,10-13H2,1H3,(H,25,30). The molecule has 0 aliphatic carbocycles. The van der Waals surface area contributed by atoms with Gasteiger partial charge in [-0.1, -0.05) is 52.7 Å². The SMILES string of the molecule is Cc1ccc(-c2cc(C(=O)N3CCCN(C(=O)Nc4cccc(Cl)c4)CC3)on2)cc1. The van der Waals surface area contributed by atoms with Crippen LogP contribution in [0.25, 0.3) is 11.3 Å². The molecule has 1 saturated heterocycles. The Balaban J connectivity index is 1.37. The molecule has 4 rings (SSSR count). The van der Waals surface area contributed by atoms with Crippen molar-refractivity contribution >= 4 is 29.2 Å².